The molecule has 0 aromatic rings. The molecule has 0 heterocycles. The van der Waals surface area contributed by atoms with Crippen LogP contribution in [-0.4, -0.2) is 63.8 Å². The largest absolute Gasteiger partial charge is 0.469 e. The van der Waals surface area contributed by atoms with E-state index in [-0.39, 0.29) is 11.9 Å². The van der Waals surface area contributed by atoms with Crippen LogP contribution in [0.1, 0.15) is 19.8 Å². The molecule has 1 N–H and O–H groups in total. The predicted molar refractivity (Wildman–Crippen MR) is 68.2 cm³/mol. The standard InChI is InChI=1S/C12H24N2O4/c1-4-13-11(15)5-7-14(9-10-17-2)8-6-12(16)18-3/h4-10H2,1-3H3,(H,13,15). The van der Waals surface area contributed by atoms with Gasteiger partial charge in [0.1, 0.15) is 0 Å². The Kier molecular flexibility index (Phi) is 10.3. The Morgan fingerprint density at radius 2 is 1.78 bits per heavy atom. The molecule has 106 valence electrons. The van der Waals surface area contributed by atoms with Gasteiger partial charge in [0.25, 0.3) is 0 Å². The number of hydrogen-bond donors (Lipinski definition) is 1. The second-order valence-electron chi connectivity index (χ2n) is 3.86. The monoisotopic (exact) mass is 260 g/mol. The lowest BCUT2D eigenvalue weighted by Crippen LogP contribution is -2.34. The molecule has 0 bridgehead atoms. The van der Waals surface area contributed by atoms with Gasteiger partial charge in [0.15, 0.2) is 0 Å². The Morgan fingerprint density at radius 1 is 1.11 bits per heavy atom. The van der Waals surface area contributed by atoms with Gasteiger partial charge in [0, 0.05) is 39.7 Å². The van der Waals surface area contributed by atoms with E-state index in [1.165, 1.54) is 7.11 Å². The minimum absolute atomic E-state index is 0.0259. The van der Waals surface area contributed by atoms with E-state index < -0.39 is 0 Å². The van der Waals surface area contributed by atoms with E-state index in [9.17, 15) is 9.59 Å². The zero-order chi connectivity index (χ0) is 13.8. The number of ether oxygens (including phenoxy) is 2. The maximum absolute atomic E-state index is 11.4. The highest BCUT2D eigenvalue weighted by molar-refractivity contribution is 5.76. The van der Waals surface area contributed by atoms with Gasteiger partial charge in [0.2, 0.25) is 5.91 Å². The normalized spacial score (nSPS) is 10.4. The van der Waals surface area contributed by atoms with Crippen LogP contribution in [0.25, 0.3) is 0 Å². The summed E-state index contributed by atoms with van der Waals surface area (Å²) in [5.41, 5.74) is 0. The third-order valence-electron chi connectivity index (χ3n) is 2.50. The van der Waals surface area contributed by atoms with Crippen molar-refractivity contribution < 1.29 is 19.1 Å². The lowest BCUT2D eigenvalue weighted by molar-refractivity contribution is -0.141. The zero-order valence-corrected chi connectivity index (χ0v) is 11.5. The third kappa shape index (κ3) is 8.95. The quantitative estimate of drug-likeness (QED) is 0.561. The molecular formula is C12H24N2O4. The Bertz CT molecular complexity index is 246. The van der Waals surface area contributed by atoms with Crippen molar-refractivity contribution in [3.8, 4) is 0 Å². The van der Waals surface area contributed by atoms with Gasteiger partial charge in [-0.05, 0) is 6.92 Å². The average Bonchev–Trinajstić information content (AvgIpc) is 2.37. The smallest absolute Gasteiger partial charge is 0.306 e. The van der Waals surface area contributed by atoms with E-state index in [0.717, 1.165) is 0 Å². The fourth-order valence-electron chi connectivity index (χ4n) is 1.45. The van der Waals surface area contributed by atoms with Crippen molar-refractivity contribution in [2.75, 3.05) is 47.0 Å². The Hall–Kier alpha value is -1.14. The van der Waals surface area contributed by atoms with Crippen LogP contribution in [0, 0.1) is 0 Å². The SMILES string of the molecule is CCNC(=O)CCN(CCOC)CCC(=O)OC. The van der Waals surface area contributed by atoms with Crippen molar-refractivity contribution in [1.29, 1.82) is 0 Å². The van der Waals surface area contributed by atoms with Crippen LogP contribution in [0.3, 0.4) is 0 Å². The van der Waals surface area contributed by atoms with Crippen molar-refractivity contribution in [2.45, 2.75) is 19.8 Å². The minimum atomic E-state index is -0.240. The molecule has 0 aliphatic heterocycles. The van der Waals surface area contributed by atoms with E-state index >= 15 is 0 Å². The van der Waals surface area contributed by atoms with E-state index in [1.54, 1.807) is 7.11 Å². The first-order chi connectivity index (χ1) is 8.63. The fourth-order valence-corrected chi connectivity index (χ4v) is 1.45. The van der Waals surface area contributed by atoms with E-state index in [4.69, 9.17) is 4.74 Å². The van der Waals surface area contributed by atoms with Crippen LogP contribution in [0.15, 0.2) is 0 Å². The van der Waals surface area contributed by atoms with Gasteiger partial charge in [-0.2, -0.15) is 0 Å². The molecule has 0 radical (unpaired) electrons. The fraction of sp³-hybridized carbons (Fsp3) is 0.833. The van der Waals surface area contributed by atoms with Gasteiger partial charge in [-0.15, -0.1) is 0 Å². The highest BCUT2D eigenvalue weighted by Crippen LogP contribution is 1.96. The summed E-state index contributed by atoms with van der Waals surface area (Å²) in [6, 6.07) is 0. The molecule has 6 nitrogen and oxygen atoms in total. The summed E-state index contributed by atoms with van der Waals surface area (Å²) in [6.45, 7) is 5.00. The first kappa shape index (κ1) is 16.9. The molecule has 0 rings (SSSR count). The van der Waals surface area contributed by atoms with Gasteiger partial charge < -0.3 is 14.8 Å². The number of carbonyl (C=O) groups is 2. The highest BCUT2D eigenvalue weighted by Gasteiger charge is 2.10. The molecule has 0 saturated carbocycles. The zero-order valence-electron chi connectivity index (χ0n) is 11.5. The van der Waals surface area contributed by atoms with Gasteiger partial charge in [-0.25, -0.2) is 0 Å². The number of nitrogens with zero attached hydrogens (tertiary/aromatic N) is 1. The Labute approximate surface area is 109 Å². The predicted octanol–water partition coefficient (Wildman–Crippen LogP) is 0.0241. The number of nitrogens with one attached hydrogen (secondary N) is 1. The van der Waals surface area contributed by atoms with Gasteiger partial charge in [-0.1, -0.05) is 0 Å². The van der Waals surface area contributed by atoms with E-state index in [0.29, 0.717) is 45.6 Å². The molecule has 0 spiro atoms. The van der Waals surface area contributed by atoms with Crippen molar-refractivity contribution in [3.63, 3.8) is 0 Å². The van der Waals surface area contributed by atoms with Crippen LogP contribution < -0.4 is 5.32 Å². The van der Waals surface area contributed by atoms with Crippen molar-refractivity contribution in [1.82, 2.24) is 10.2 Å². The third-order valence-corrected chi connectivity index (χ3v) is 2.50. The molecule has 18 heavy (non-hydrogen) atoms. The van der Waals surface area contributed by atoms with Crippen LogP contribution >= 0.6 is 0 Å². The summed E-state index contributed by atoms with van der Waals surface area (Å²) >= 11 is 0. The molecule has 0 fully saturated rings. The first-order valence-electron chi connectivity index (χ1n) is 6.18. The van der Waals surface area contributed by atoms with Crippen molar-refractivity contribution >= 4 is 11.9 Å². The maximum Gasteiger partial charge on any atom is 0.306 e. The second kappa shape index (κ2) is 11.0. The molecule has 0 unspecified atom stereocenters. The highest BCUT2D eigenvalue weighted by atomic mass is 16.5. The maximum atomic E-state index is 11.4. The van der Waals surface area contributed by atoms with Crippen LogP contribution in [0.2, 0.25) is 0 Å². The first-order valence-corrected chi connectivity index (χ1v) is 6.18. The second-order valence-corrected chi connectivity index (χ2v) is 3.86. The summed E-state index contributed by atoms with van der Waals surface area (Å²) in [5.74, 6) is -0.214. The van der Waals surface area contributed by atoms with Gasteiger partial charge in [0.05, 0.1) is 20.1 Å². The Morgan fingerprint density at radius 3 is 2.33 bits per heavy atom. The molecule has 0 saturated heterocycles. The molecule has 1 amide bonds. The number of carbonyl (C=O) groups excluding carboxylic acids is 2. The molecule has 0 aromatic carbocycles. The van der Waals surface area contributed by atoms with E-state index in [2.05, 4.69) is 10.1 Å². The van der Waals surface area contributed by atoms with Gasteiger partial charge in [-0.3, -0.25) is 14.5 Å². The van der Waals surface area contributed by atoms with Crippen LogP contribution in [0.5, 0.6) is 0 Å². The lowest BCUT2D eigenvalue weighted by Gasteiger charge is -2.20. The van der Waals surface area contributed by atoms with Crippen LogP contribution in [0.4, 0.5) is 0 Å². The topological polar surface area (TPSA) is 67.9 Å². The van der Waals surface area contributed by atoms with Crippen molar-refractivity contribution in [3.05, 3.63) is 0 Å². The average molecular weight is 260 g/mol. The van der Waals surface area contributed by atoms with E-state index in [1.807, 2.05) is 11.8 Å². The number of esters is 1. The summed E-state index contributed by atoms with van der Waals surface area (Å²) in [5, 5.41) is 2.74. The molecule has 0 aliphatic rings. The summed E-state index contributed by atoms with van der Waals surface area (Å²) in [4.78, 5) is 24.4. The minimum Gasteiger partial charge on any atom is -0.469 e. The van der Waals surface area contributed by atoms with Crippen LogP contribution in [-0.2, 0) is 19.1 Å². The number of methoxy groups -OCH3 is 2. The number of rotatable bonds is 10. The Balaban J connectivity index is 3.97. The number of hydrogen-bond acceptors (Lipinski definition) is 5. The number of amides is 1. The van der Waals surface area contributed by atoms with Gasteiger partial charge >= 0.3 is 5.97 Å². The molecule has 6 heteroatoms. The molecule has 0 atom stereocenters. The van der Waals surface area contributed by atoms with Crippen molar-refractivity contribution in [2.24, 2.45) is 0 Å². The summed E-state index contributed by atoms with van der Waals surface area (Å²) in [7, 11) is 3.00. The lowest BCUT2D eigenvalue weighted by atomic mass is 10.3. The summed E-state index contributed by atoms with van der Waals surface area (Å²) in [6.07, 6.45) is 0.758. The molecule has 0 aliphatic carbocycles. The molecule has 0 aromatic heterocycles. The summed E-state index contributed by atoms with van der Waals surface area (Å²) < 4.78 is 9.59. The molecular weight excluding hydrogens is 236 g/mol.